The van der Waals surface area contributed by atoms with Crippen LogP contribution in [0.25, 0.3) is 0 Å². The van der Waals surface area contributed by atoms with Gasteiger partial charge in [0, 0.05) is 18.1 Å². The third kappa shape index (κ3) is 2.45. The number of Topliss-reactive ketones (excluding diaryl/α,β-unsaturated/α-hetero) is 1. The number of hydrogen-bond donors (Lipinski definition) is 1. The molecule has 0 aromatic carbocycles. The normalized spacial score (nSPS) is 17.9. The van der Waals surface area contributed by atoms with Crippen LogP contribution in [0.15, 0.2) is 12.1 Å². The van der Waals surface area contributed by atoms with Crippen LogP contribution in [0.5, 0.6) is 0 Å². The molecule has 0 amide bonds. The Morgan fingerprint density at radius 2 is 2.20 bits per heavy atom. The van der Waals surface area contributed by atoms with Gasteiger partial charge in [-0.2, -0.15) is 0 Å². The monoisotopic (exact) mass is 225 g/mol. The minimum absolute atomic E-state index is 0.0401. The van der Waals surface area contributed by atoms with E-state index < -0.39 is 0 Å². The predicted octanol–water partition coefficient (Wildman–Crippen LogP) is 1.78. The molecule has 1 fully saturated rings. The van der Waals surface area contributed by atoms with E-state index in [0.717, 1.165) is 30.9 Å². The first-order valence-corrected chi connectivity index (χ1v) is 6.03. The molecule has 0 aliphatic carbocycles. The highest BCUT2D eigenvalue weighted by atomic mass is 32.1. The molecular weight excluding hydrogens is 210 g/mol. The minimum Gasteiger partial charge on any atom is -0.381 e. The molecule has 0 bridgehead atoms. The topological polar surface area (TPSA) is 52.3 Å². The van der Waals surface area contributed by atoms with Gasteiger partial charge in [0.2, 0.25) is 0 Å². The lowest BCUT2D eigenvalue weighted by Crippen LogP contribution is -2.13. The molecule has 0 spiro atoms. The Labute approximate surface area is 93.2 Å². The van der Waals surface area contributed by atoms with Crippen molar-refractivity contribution in [2.45, 2.75) is 18.8 Å². The maximum atomic E-state index is 11.4. The fourth-order valence-electron chi connectivity index (χ4n) is 1.80. The zero-order chi connectivity index (χ0) is 10.7. The van der Waals surface area contributed by atoms with E-state index in [4.69, 9.17) is 10.5 Å². The summed E-state index contributed by atoms with van der Waals surface area (Å²) in [7, 11) is 0. The number of carbonyl (C=O) groups is 1. The summed E-state index contributed by atoms with van der Waals surface area (Å²) in [5.74, 6) is 0.612. The average Bonchev–Trinajstić information content (AvgIpc) is 2.78. The van der Waals surface area contributed by atoms with Crippen molar-refractivity contribution < 1.29 is 9.53 Å². The first-order chi connectivity index (χ1) is 7.31. The standard InChI is InChI=1S/C11H15NO2S/c12-7-9(13)11-2-1-10(15-11)8-3-5-14-6-4-8/h1-2,8H,3-7,12H2. The molecule has 82 valence electrons. The molecule has 1 saturated heterocycles. The number of thiophene rings is 1. The average molecular weight is 225 g/mol. The minimum atomic E-state index is 0.0401. The molecular formula is C11H15NO2S. The van der Waals surface area contributed by atoms with Gasteiger partial charge in [-0.05, 0) is 30.9 Å². The number of carbonyl (C=O) groups excluding carboxylic acids is 1. The second-order valence-corrected chi connectivity index (χ2v) is 4.83. The molecule has 0 saturated carbocycles. The maximum Gasteiger partial charge on any atom is 0.186 e. The Balaban J connectivity index is 2.08. The summed E-state index contributed by atoms with van der Waals surface area (Å²) in [5, 5.41) is 0. The van der Waals surface area contributed by atoms with Crippen LogP contribution in [0.3, 0.4) is 0 Å². The van der Waals surface area contributed by atoms with Gasteiger partial charge in [0.05, 0.1) is 11.4 Å². The van der Waals surface area contributed by atoms with Crippen LogP contribution in [-0.2, 0) is 4.74 Å². The van der Waals surface area contributed by atoms with Gasteiger partial charge in [0.25, 0.3) is 0 Å². The number of nitrogens with two attached hydrogens (primary N) is 1. The number of ether oxygens (including phenoxy) is 1. The molecule has 1 aromatic rings. The van der Waals surface area contributed by atoms with E-state index in [1.807, 2.05) is 6.07 Å². The highest BCUT2D eigenvalue weighted by Gasteiger charge is 2.18. The largest absolute Gasteiger partial charge is 0.381 e. The molecule has 2 heterocycles. The SMILES string of the molecule is NCC(=O)c1ccc(C2CCOCC2)s1. The van der Waals surface area contributed by atoms with Crippen molar-refractivity contribution in [1.82, 2.24) is 0 Å². The molecule has 0 radical (unpaired) electrons. The fourth-order valence-corrected chi connectivity index (χ4v) is 2.93. The molecule has 1 aliphatic heterocycles. The van der Waals surface area contributed by atoms with Crippen LogP contribution in [-0.4, -0.2) is 25.5 Å². The first-order valence-electron chi connectivity index (χ1n) is 5.22. The van der Waals surface area contributed by atoms with E-state index in [9.17, 15) is 4.79 Å². The first kappa shape index (κ1) is 10.8. The molecule has 1 aliphatic rings. The van der Waals surface area contributed by atoms with Crippen LogP contribution >= 0.6 is 11.3 Å². The highest BCUT2D eigenvalue weighted by molar-refractivity contribution is 7.14. The van der Waals surface area contributed by atoms with E-state index in [2.05, 4.69) is 6.07 Å². The van der Waals surface area contributed by atoms with E-state index in [1.54, 1.807) is 11.3 Å². The zero-order valence-electron chi connectivity index (χ0n) is 8.57. The lowest BCUT2D eigenvalue weighted by atomic mass is 9.99. The fraction of sp³-hybridized carbons (Fsp3) is 0.545. The number of ketones is 1. The summed E-state index contributed by atoms with van der Waals surface area (Å²) in [5.41, 5.74) is 5.33. The third-order valence-corrected chi connectivity index (χ3v) is 4.00. The summed E-state index contributed by atoms with van der Waals surface area (Å²) in [6.45, 7) is 1.78. The van der Waals surface area contributed by atoms with Crippen LogP contribution < -0.4 is 5.73 Å². The van der Waals surface area contributed by atoms with Crippen molar-refractivity contribution in [3.63, 3.8) is 0 Å². The van der Waals surface area contributed by atoms with E-state index in [-0.39, 0.29) is 12.3 Å². The van der Waals surface area contributed by atoms with Crippen molar-refractivity contribution in [2.24, 2.45) is 5.73 Å². The molecule has 2 N–H and O–H groups in total. The van der Waals surface area contributed by atoms with E-state index in [1.165, 1.54) is 4.88 Å². The Morgan fingerprint density at radius 3 is 2.87 bits per heavy atom. The smallest absolute Gasteiger partial charge is 0.186 e. The van der Waals surface area contributed by atoms with Crippen molar-refractivity contribution in [3.8, 4) is 0 Å². The van der Waals surface area contributed by atoms with E-state index in [0.29, 0.717) is 5.92 Å². The van der Waals surface area contributed by atoms with Gasteiger partial charge in [-0.15, -0.1) is 11.3 Å². The Morgan fingerprint density at radius 1 is 1.47 bits per heavy atom. The van der Waals surface area contributed by atoms with Crippen LogP contribution in [0, 0.1) is 0 Å². The molecule has 2 rings (SSSR count). The molecule has 3 nitrogen and oxygen atoms in total. The Bertz CT molecular complexity index is 342. The van der Waals surface area contributed by atoms with Crippen molar-refractivity contribution >= 4 is 17.1 Å². The molecule has 0 unspecified atom stereocenters. The highest BCUT2D eigenvalue weighted by Crippen LogP contribution is 2.32. The summed E-state index contributed by atoms with van der Waals surface area (Å²) in [4.78, 5) is 13.5. The molecule has 15 heavy (non-hydrogen) atoms. The Kier molecular flexibility index (Phi) is 3.51. The molecule has 1 aromatic heterocycles. The van der Waals surface area contributed by atoms with Gasteiger partial charge >= 0.3 is 0 Å². The number of hydrogen-bond acceptors (Lipinski definition) is 4. The van der Waals surface area contributed by atoms with Crippen molar-refractivity contribution in [3.05, 3.63) is 21.9 Å². The summed E-state index contributed by atoms with van der Waals surface area (Å²) >= 11 is 1.59. The van der Waals surface area contributed by atoms with Crippen LogP contribution in [0.1, 0.15) is 33.3 Å². The molecule has 4 heteroatoms. The maximum absolute atomic E-state index is 11.4. The quantitative estimate of drug-likeness (QED) is 0.798. The summed E-state index contributed by atoms with van der Waals surface area (Å²) < 4.78 is 5.31. The van der Waals surface area contributed by atoms with Crippen molar-refractivity contribution in [1.29, 1.82) is 0 Å². The summed E-state index contributed by atoms with van der Waals surface area (Å²) in [6.07, 6.45) is 2.13. The molecule has 0 atom stereocenters. The Hall–Kier alpha value is -0.710. The second kappa shape index (κ2) is 4.88. The predicted molar refractivity (Wildman–Crippen MR) is 60.5 cm³/mol. The van der Waals surface area contributed by atoms with Gasteiger partial charge in [0.1, 0.15) is 0 Å². The third-order valence-electron chi connectivity index (χ3n) is 2.71. The lowest BCUT2D eigenvalue weighted by Gasteiger charge is -2.20. The number of rotatable bonds is 3. The summed E-state index contributed by atoms with van der Waals surface area (Å²) in [6, 6.07) is 3.95. The second-order valence-electron chi connectivity index (χ2n) is 3.72. The van der Waals surface area contributed by atoms with Gasteiger partial charge in [-0.3, -0.25) is 4.79 Å². The van der Waals surface area contributed by atoms with Gasteiger partial charge in [0.15, 0.2) is 5.78 Å². The van der Waals surface area contributed by atoms with Crippen LogP contribution in [0.4, 0.5) is 0 Å². The van der Waals surface area contributed by atoms with E-state index >= 15 is 0 Å². The van der Waals surface area contributed by atoms with Gasteiger partial charge in [-0.1, -0.05) is 0 Å². The van der Waals surface area contributed by atoms with Crippen molar-refractivity contribution in [2.75, 3.05) is 19.8 Å². The van der Waals surface area contributed by atoms with Gasteiger partial charge < -0.3 is 10.5 Å². The van der Waals surface area contributed by atoms with Gasteiger partial charge in [-0.25, -0.2) is 0 Å². The zero-order valence-corrected chi connectivity index (χ0v) is 9.39. The lowest BCUT2D eigenvalue weighted by molar-refractivity contribution is 0.0860. The van der Waals surface area contributed by atoms with Crippen LogP contribution in [0.2, 0.25) is 0 Å².